The fourth-order valence-electron chi connectivity index (χ4n) is 2.89. The van der Waals surface area contributed by atoms with Crippen LogP contribution in [0.15, 0.2) is 54.6 Å². The molecule has 0 aromatic heterocycles. The number of benzene rings is 2. The molecule has 5 nitrogen and oxygen atoms in total. The third-order valence-corrected chi connectivity index (χ3v) is 4.68. The Morgan fingerprint density at radius 3 is 2.27 bits per heavy atom. The van der Waals surface area contributed by atoms with Gasteiger partial charge >= 0.3 is 0 Å². The van der Waals surface area contributed by atoms with E-state index in [1.807, 2.05) is 30.3 Å². The molecule has 2 aromatic carbocycles. The van der Waals surface area contributed by atoms with Crippen LogP contribution < -0.4 is 15.5 Å². The van der Waals surface area contributed by atoms with Crippen LogP contribution in [0.4, 0.5) is 15.8 Å². The first-order valence-electron chi connectivity index (χ1n) is 8.60. The van der Waals surface area contributed by atoms with Gasteiger partial charge in [-0.1, -0.05) is 18.2 Å². The lowest BCUT2D eigenvalue weighted by atomic mass is 10.3. The quantitative estimate of drug-likeness (QED) is 0.709. The number of amides is 1. The zero-order valence-electron chi connectivity index (χ0n) is 14.4. The van der Waals surface area contributed by atoms with E-state index in [0.717, 1.165) is 31.9 Å². The van der Waals surface area contributed by atoms with Gasteiger partial charge in [0.2, 0.25) is 0 Å². The lowest BCUT2D eigenvalue weighted by molar-refractivity contribution is -0.895. The van der Waals surface area contributed by atoms with Gasteiger partial charge in [-0.3, -0.25) is 4.79 Å². The molecule has 0 spiro atoms. The van der Waals surface area contributed by atoms with E-state index >= 15 is 0 Å². The van der Waals surface area contributed by atoms with Crippen molar-refractivity contribution in [1.29, 1.82) is 0 Å². The predicted octanol–water partition coefficient (Wildman–Crippen LogP) is 1.36. The van der Waals surface area contributed by atoms with Crippen LogP contribution in [0.5, 0.6) is 0 Å². The van der Waals surface area contributed by atoms with E-state index < -0.39 is 0 Å². The van der Waals surface area contributed by atoms with Crippen LogP contribution >= 0.6 is 12.2 Å². The Labute approximate surface area is 157 Å². The van der Waals surface area contributed by atoms with Gasteiger partial charge in [0.1, 0.15) is 5.82 Å². The fraction of sp³-hybridized carbons (Fsp3) is 0.263. The number of nitrogens with zero attached hydrogens (tertiary/aromatic N) is 1. The molecule has 1 fully saturated rings. The molecule has 1 heterocycles. The van der Waals surface area contributed by atoms with Crippen LogP contribution in [0.2, 0.25) is 0 Å². The van der Waals surface area contributed by atoms with E-state index in [0.29, 0.717) is 17.3 Å². The Morgan fingerprint density at radius 2 is 1.62 bits per heavy atom. The Bertz CT molecular complexity index is 746. The maximum absolute atomic E-state index is 12.9. The van der Waals surface area contributed by atoms with Crippen molar-refractivity contribution in [3.8, 4) is 0 Å². The molecule has 1 amide bonds. The highest BCUT2D eigenvalue weighted by Gasteiger charge is 2.23. The summed E-state index contributed by atoms with van der Waals surface area (Å²) in [5.74, 6) is -0.380. The third-order valence-electron chi connectivity index (χ3n) is 4.32. The molecule has 2 aromatic rings. The summed E-state index contributed by atoms with van der Waals surface area (Å²) in [4.78, 5) is 15.5. The van der Waals surface area contributed by atoms with Gasteiger partial charge in [0.15, 0.2) is 11.7 Å². The van der Waals surface area contributed by atoms with E-state index in [2.05, 4.69) is 15.5 Å². The SMILES string of the molecule is O=C(C[NH+]1CCN(C(=S)Nc2ccccc2)CC1)Nc1ccc(F)cc1. The van der Waals surface area contributed by atoms with Crippen molar-refractivity contribution in [2.75, 3.05) is 43.4 Å². The van der Waals surface area contributed by atoms with Crippen molar-refractivity contribution in [2.24, 2.45) is 0 Å². The minimum absolute atomic E-state index is 0.0648. The van der Waals surface area contributed by atoms with Gasteiger partial charge in [-0.2, -0.15) is 0 Å². The third kappa shape index (κ3) is 5.24. The van der Waals surface area contributed by atoms with Crippen LogP contribution in [0.25, 0.3) is 0 Å². The Hall–Kier alpha value is -2.51. The van der Waals surface area contributed by atoms with E-state index in [9.17, 15) is 9.18 Å². The first-order chi connectivity index (χ1) is 12.6. The van der Waals surface area contributed by atoms with E-state index in [-0.39, 0.29) is 11.7 Å². The number of para-hydroxylation sites is 1. The number of hydrogen-bond acceptors (Lipinski definition) is 2. The molecule has 0 unspecified atom stereocenters. The second-order valence-corrected chi connectivity index (χ2v) is 6.65. The molecule has 1 aliphatic heterocycles. The highest BCUT2D eigenvalue weighted by atomic mass is 32.1. The van der Waals surface area contributed by atoms with Crippen LogP contribution in [-0.4, -0.2) is 48.6 Å². The standard InChI is InChI=1S/C19H21FN4OS/c20-15-6-8-17(9-7-15)21-18(25)14-23-10-12-24(13-11-23)19(26)22-16-4-2-1-3-5-16/h1-9H,10-14H2,(H,21,25)(H,22,26)/p+1. The molecular weight excluding hydrogens is 351 g/mol. The van der Waals surface area contributed by atoms with Gasteiger partial charge in [-0.15, -0.1) is 0 Å². The molecule has 1 aliphatic rings. The molecule has 3 N–H and O–H groups in total. The molecule has 0 aliphatic carbocycles. The lowest BCUT2D eigenvalue weighted by Gasteiger charge is -2.33. The highest BCUT2D eigenvalue weighted by Crippen LogP contribution is 2.08. The van der Waals surface area contributed by atoms with E-state index in [1.54, 1.807) is 12.1 Å². The number of halogens is 1. The Morgan fingerprint density at radius 1 is 1.00 bits per heavy atom. The molecule has 26 heavy (non-hydrogen) atoms. The molecule has 3 rings (SSSR count). The zero-order chi connectivity index (χ0) is 18.4. The summed E-state index contributed by atoms with van der Waals surface area (Å²) in [6.45, 7) is 3.68. The van der Waals surface area contributed by atoms with Crippen LogP contribution in [0.1, 0.15) is 0 Å². The molecular formula is C19H22FN4OS+. The minimum atomic E-state index is -0.315. The average Bonchev–Trinajstić information content (AvgIpc) is 2.65. The number of piperazine rings is 1. The van der Waals surface area contributed by atoms with E-state index in [1.165, 1.54) is 17.0 Å². The summed E-state index contributed by atoms with van der Waals surface area (Å²) < 4.78 is 12.9. The highest BCUT2D eigenvalue weighted by molar-refractivity contribution is 7.80. The number of carbonyl (C=O) groups is 1. The van der Waals surface area contributed by atoms with Crippen molar-refractivity contribution in [2.45, 2.75) is 0 Å². The number of nitrogens with one attached hydrogen (secondary N) is 3. The molecule has 0 saturated carbocycles. The number of thiocarbonyl (C=S) groups is 1. The van der Waals surface area contributed by atoms with Gasteiger partial charge in [-0.25, -0.2) is 4.39 Å². The first-order valence-corrected chi connectivity index (χ1v) is 9.01. The summed E-state index contributed by atoms with van der Waals surface area (Å²) in [7, 11) is 0. The summed E-state index contributed by atoms with van der Waals surface area (Å²) in [5.41, 5.74) is 1.59. The molecule has 7 heteroatoms. The molecule has 1 saturated heterocycles. The van der Waals surface area contributed by atoms with Crippen LogP contribution in [0, 0.1) is 5.82 Å². The van der Waals surface area contributed by atoms with Crippen molar-refractivity contribution < 1.29 is 14.1 Å². The number of rotatable bonds is 4. The second kappa shape index (κ2) is 8.73. The van der Waals surface area contributed by atoms with Gasteiger partial charge in [0, 0.05) is 11.4 Å². The Balaban J connectivity index is 1.42. The predicted molar refractivity (Wildman–Crippen MR) is 105 cm³/mol. The Kier molecular flexibility index (Phi) is 6.14. The summed E-state index contributed by atoms with van der Waals surface area (Å²) in [6, 6.07) is 15.7. The van der Waals surface area contributed by atoms with Gasteiger partial charge in [0.25, 0.3) is 5.91 Å². The normalized spacial score (nSPS) is 14.7. The first kappa shape index (κ1) is 18.3. The van der Waals surface area contributed by atoms with Crippen molar-refractivity contribution in [1.82, 2.24) is 4.90 Å². The average molecular weight is 373 g/mol. The lowest BCUT2D eigenvalue weighted by Crippen LogP contribution is -3.15. The second-order valence-electron chi connectivity index (χ2n) is 6.27. The number of anilines is 2. The topological polar surface area (TPSA) is 48.8 Å². The molecule has 0 atom stereocenters. The van der Waals surface area contributed by atoms with Gasteiger partial charge in [0.05, 0.1) is 26.2 Å². The molecule has 0 radical (unpaired) electrons. The molecule has 136 valence electrons. The fourth-order valence-corrected chi connectivity index (χ4v) is 3.19. The van der Waals surface area contributed by atoms with Crippen LogP contribution in [0.3, 0.4) is 0 Å². The summed E-state index contributed by atoms with van der Waals surface area (Å²) >= 11 is 5.48. The van der Waals surface area contributed by atoms with E-state index in [4.69, 9.17) is 12.2 Å². The minimum Gasteiger partial charge on any atom is -0.338 e. The van der Waals surface area contributed by atoms with Crippen molar-refractivity contribution in [3.63, 3.8) is 0 Å². The largest absolute Gasteiger partial charge is 0.338 e. The van der Waals surface area contributed by atoms with Crippen molar-refractivity contribution in [3.05, 3.63) is 60.4 Å². The maximum Gasteiger partial charge on any atom is 0.279 e. The maximum atomic E-state index is 12.9. The summed E-state index contributed by atoms with van der Waals surface area (Å²) in [6.07, 6.45) is 0. The monoisotopic (exact) mass is 373 g/mol. The number of hydrogen-bond donors (Lipinski definition) is 3. The zero-order valence-corrected chi connectivity index (χ0v) is 15.2. The summed E-state index contributed by atoms with van der Waals surface area (Å²) in [5, 5.41) is 6.76. The van der Waals surface area contributed by atoms with Gasteiger partial charge < -0.3 is 20.4 Å². The molecule has 0 bridgehead atoms. The smallest absolute Gasteiger partial charge is 0.279 e. The number of quaternary nitrogens is 1. The number of carbonyl (C=O) groups excluding carboxylic acids is 1. The van der Waals surface area contributed by atoms with Crippen LogP contribution in [-0.2, 0) is 4.79 Å². The van der Waals surface area contributed by atoms with Gasteiger partial charge in [-0.05, 0) is 48.6 Å². The van der Waals surface area contributed by atoms with Crippen molar-refractivity contribution >= 4 is 34.6 Å².